The first kappa shape index (κ1) is 13.1. The summed E-state index contributed by atoms with van der Waals surface area (Å²) in [6, 6.07) is 0. The Kier molecular flexibility index (Phi) is 3.40. The first-order valence-electron chi connectivity index (χ1n) is 5.85. The van der Waals surface area contributed by atoms with Crippen molar-refractivity contribution in [3.8, 4) is 0 Å². The minimum absolute atomic E-state index is 0.00760. The molecule has 0 unspecified atom stereocenters. The molecule has 2 fully saturated rings. The molecule has 0 aromatic heterocycles. The second-order valence-corrected chi connectivity index (χ2v) is 7.31. The van der Waals surface area contributed by atoms with Gasteiger partial charge in [0, 0.05) is 3.92 Å². The molecule has 4 nitrogen and oxygen atoms in total. The number of fused-ring (bicyclic) bond motifs is 2. The second kappa shape index (κ2) is 4.40. The van der Waals surface area contributed by atoms with Gasteiger partial charge in [-0.25, -0.2) is 0 Å². The van der Waals surface area contributed by atoms with Crippen LogP contribution in [0.5, 0.6) is 0 Å². The Labute approximate surface area is 115 Å². The van der Waals surface area contributed by atoms with Crippen molar-refractivity contribution in [3.05, 3.63) is 0 Å². The number of esters is 2. The van der Waals surface area contributed by atoms with Gasteiger partial charge in [-0.05, 0) is 33.6 Å². The Balaban J connectivity index is 2.10. The SMILES string of the molecule is CC(C)(C)OC(=O)[C@H]1C[C@@H](I)[C@H]2C[C@@H]1C(=O)O2. The number of carbonyl (C=O) groups is 2. The predicted octanol–water partition coefficient (Wildman–Crippen LogP) is 2.08. The lowest BCUT2D eigenvalue weighted by Gasteiger charge is -2.30. The molecule has 0 amide bonds. The maximum atomic E-state index is 12.1. The fourth-order valence-electron chi connectivity index (χ4n) is 2.38. The van der Waals surface area contributed by atoms with Gasteiger partial charge in [0.2, 0.25) is 0 Å². The van der Waals surface area contributed by atoms with E-state index in [4.69, 9.17) is 9.47 Å². The van der Waals surface area contributed by atoms with Crippen LogP contribution in [0.2, 0.25) is 0 Å². The largest absolute Gasteiger partial charge is 0.461 e. The maximum absolute atomic E-state index is 12.1. The van der Waals surface area contributed by atoms with Gasteiger partial charge in [-0.15, -0.1) is 0 Å². The van der Waals surface area contributed by atoms with E-state index >= 15 is 0 Å². The van der Waals surface area contributed by atoms with Crippen molar-refractivity contribution in [1.82, 2.24) is 0 Å². The highest BCUT2D eigenvalue weighted by Crippen LogP contribution is 2.42. The molecule has 5 heteroatoms. The molecule has 1 saturated carbocycles. The summed E-state index contributed by atoms with van der Waals surface area (Å²) < 4.78 is 10.8. The third kappa shape index (κ3) is 2.74. The molecule has 0 aromatic carbocycles. The van der Waals surface area contributed by atoms with Gasteiger partial charge < -0.3 is 9.47 Å². The van der Waals surface area contributed by atoms with E-state index in [2.05, 4.69) is 22.6 Å². The summed E-state index contributed by atoms with van der Waals surface area (Å²) >= 11 is 2.26. The zero-order valence-corrected chi connectivity index (χ0v) is 12.4. The van der Waals surface area contributed by atoms with Crippen LogP contribution in [0, 0.1) is 11.8 Å². The molecule has 0 radical (unpaired) electrons. The molecular formula is C12H17IO4. The van der Waals surface area contributed by atoms with Crippen molar-refractivity contribution >= 4 is 34.5 Å². The Bertz CT molecular complexity index is 347. The van der Waals surface area contributed by atoms with Gasteiger partial charge in [-0.1, -0.05) is 22.6 Å². The highest BCUT2D eigenvalue weighted by molar-refractivity contribution is 14.1. The summed E-state index contributed by atoms with van der Waals surface area (Å²) in [5, 5.41) is 0. The van der Waals surface area contributed by atoms with E-state index in [1.165, 1.54) is 0 Å². The standard InChI is InChI=1S/C12H17IO4/c1-12(2,3)17-11(15)6-4-8(13)9-5-7(6)10(14)16-9/h6-9H,4-5H2,1-3H3/t6-,7-,8+,9+/m0/s1. The summed E-state index contributed by atoms with van der Waals surface area (Å²) in [5.74, 6) is -1.12. The number of ether oxygens (including phenoxy) is 2. The van der Waals surface area contributed by atoms with E-state index < -0.39 is 5.60 Å². The topological polar surface area (TPSA) is 52.6 Å². The predicted molar refractivity (Wildman–Crippen MR) is 69.7 cm³/mol. The monoisotopic (exact) mass is 352 g/mol. The molecule has 0 aromatic rings. The van der Waals surface area contributed by atoms with Gasteiger partial charge in [0.15, 0.2) is 0 Å². The number of hydrogen-bond acceptors (Lipinski definition) is 4. The molecule has 2 rings (SSSR count). The Morgan fingerprint density at radius 1 is 1.41 bits per heavy atom. The summed E-state index contributed by atoms with van der Waals surface area (Å²) in [7, 11) is 0. The van der Waals surface area contributed by atoms with Crippen molar-refractivity contribution in [2.45, 2.75) is 49.2 Å². The highest BCUT2D eigenvalue weighted by Gasteiger charge is 2.51. The van der Waals surface area contributed by atoms with Crippen molar-refractivity contribution in [2.24, 2.45) is 11.8 Å². The van der Waals surface area contributed by atoms with Crippen molar-refractivity contribution < 1.29 is 19.1 Å². The Hall–Kier alpha value is -0.330. The van der Waals surface area contributed by atoms with Gasteiger partial charge >= 0.3 is 11.9 Å². The van der Waals surface area contributed by atoms with Crippen LogP contribution in [0.3, 0.4) is 0 Å². The Morgan fingerprint density at radius 2 is 2.06 bits per heavy atom. The van der Waals surface area contributed by atoms with E-state index in [9.17, 15) is 9.59 Å². The minimum Gasteiger partial charge on any atom is -0.461 e. The van der Waals surface area contributed by atoms with Crippen LogP contribution in [0.25, 0.3) is 0 Å². The van der Waals surface area contributed by atoms with Crippen LogP contribution in [0.1, 0.15) is 33.6 Å². The van der Waals surface area contributed by atoms with E-state index in [1.807, 2.05) is 20.8 Å². The van der Waals surface area contributed by atoms with Crippen molar-refractivity contribution in [3.63, 3.8) is 0 Å². The Morgan fingerprint density at radius 3 is 2.65 bits per heavy atom. The normalized spacial score (nSPS) is 36.6. The maximum Gasteiger partial charge on any atom is 0.310 e. The van der Waals surface area contributed by atoms with Crippen LogP contribution >= 0.6 is 22.6 Å². The van der Waals surface area contributed by atoms with Gasteiger partial charge in [0.1, 0.15) is 11.7 Å². The van der Waals surface area contributed by atoms with Crippen LogP contribution in [0.4, 0.5) is 0 Å². The fourth-order valence-corrected chi connectivity index (χ4v) is 3.37. The minimum atomic E-state index is -0.503. The average Bonchev–Trinajstić information content (AvgIpc) is 2.48. The molecule has 1 saturated heterocycles. The number of hydrogen-bond donors (Lipinski definition) is 0. The first-order chi connectivity index (χ1) is 7.78. The van der Waals surface area contributed by atoms with Crippen LogP contribution in [-0.4, -0.2) is 27.6 Å². The third-order valence-electron chi connectivity index (χ3n) is 3.13. The van der Waals surface area contributed by atoms with Crippen LogP contribution in [0.15, 0.2) is 0 Å². The van der Waals surface area contributed by atoms with Gasteiger partial charge in [-0.2, -0.15) is 0 Å². The van der Waals surface area contributed by atoms with E-state index in [0.29, 0.717) is 12.8 Å². The van der Waals surface area contributed by atoms with Crippen molar-refractivity contribution in [2.75, 3.05) is 0 Å². The van der Waals surface area contributed by atoms with E-state index in [0.717, 1.165) is 0 Å². The van der Waals surface area contributed by atoms with Gasteiger partial charge in [0.25, 0.3) is 0 Å². The molecule has 2 bridgehead atoms. The molecule has 96 valence electrons. The van der Waals surface area contributed by atoms with E-state index in [1.54, 1.807) is 0 Å². The lowest BCUT2D eigenvalue weighted by molar-refractivity contribution is -0.164. The quantitative estimate of drug-likeness (QED) is 0.412. The number of alkyl halides is 1. The molecule has 0 N–H and O–H groups in total. The molecule has 1 heterocycles. The number of rotatable bonds is 1. The van der Waals surface area contributed by atoms with Crippen LogP contribution < -0.4 is 0 Å². The summed E-state index contributed by atoms with van der Waals surface area (Å²) in [6.07, 6.45) is 1.33. The molecule has 2 aliphatic rings. The second-order valence-electron chi connectivity index (χ2n) is 5.71. The van der Waals surface area contributed by atoms with Gasteiger partial charge in [-0.3, -0.25) is 9.59 Å². The van der Waals surface area contributed by atoms with Crippen LogP contribution in [-0.2, 0) is 19.1 Å². The smallest absolute Gasteiger partial charge is 0.310 e. The summed E-state index contributed by atoms with van der Waals surface area (Å²) in [4.78, 5) is 23.7. The first-order valence-corrected chi connectivity index (χ1v) is 7.10. The average molecular weight is 352 g/mol. The lowest BCUT2D eigenvalue weighted by atomic mass is 9.80. The molecular weight excluding hydrogens is 335 g/mol. The summed E-state index contributed by atoms with van der Waals surface area (Å²) in [6.45, 7) is 5.51. The molecule has 1 aliphatic heterocycles. The molecule has 0 spiro atoms. The highest BCUT2D eigenvalue weighted by atomic mass is 127. The number of carbonyl (C=O) groups excluding carboxylic acids is 2. The zero-order valence-electron chi connectivity index (χ0n) is 10.2. The lowest BCUT2D eigenvalue weighted by Crippen LogP contribution is -2.38. The van der Waals surface area contributed by atoms with Gasteiger partial charge in [0.05, 0.1) is 11.8 Å². The van der Waals surface area contributed by atoms with Crippen molar-refractivity contribution in [1.29, 1.82) is 0 Å². The van der Waals surface area contributed by atoms with E-state index in [-0.39, 0.29) is 33.8 Å². The number of halogens is 1. The molecule has 17 heavy (non-hydrogen) atoms. The fraction of sp³-hybridized carbons (Fsp3) is 0.833. The summed E-state index contributed by atoms with van der Waals surface area (Å²) in [5.41, 5.74) is -0.503. The third-order valence-corrected chi connectivity index (χ3v) is 4.44. The molecule has 1 aliphatic carbocycles. The zero-order chi connectivity index (χ0) is 12.8. The molecule has 4 atom stereocenters.